The van der Waals surface area contributed by atoms with Crippen LogP contribution in [0.4, 0.5) is 11.4 Å². The van der Waals surface area contributed by atoms with Gasteiger partial charge in [0, 0.05) is 6.07 Å². The predicted molar refractivity (Wildman–Crippen MR) is 43.3 cm³/mol. The first-order valence-electron chi connectivity index (χ1n) is 3.47. The van der Waals surface area contributed by atoms with E-state index in [0.717, 1.165) is 16.9 Å². The van der Waals surface area contributed by atoms with Gasteiger partial charge >= 0.3 is 0 Å². The largest absolute Gasteiger partial charge is 0.623 e. The van der Waals surface area contributed by atoms with Crippen LogP contribution in [0.5, 0.6) is 0 Å². The lowest BCUT2D eigenvalue weighted by Crippen LogP contribution is -2.99. The molecular weight excluding hydrogens is 140 g/mol. The van der Waals surface area contributed by atoms with Crippen LogP contribution in [0.25, 0.3) is 0 Å². The Labute approximate surface area is 64.6 Å². The van der Waals surface area contributed by atoms with Gasteiger partial charge in [-0.05, 0) is 12.5 Å². The van der Waals surface area contributed by atoms with Gasteiger partial charge in [-0.3, -0.25) is 5.06 Å². The first-order valence-corrected chi connectivity index (χ1v) is 3.47. The number of fused-ring (bicyclic) bond motifs is 1. The first kappa shape index (κ1) is 6.52. The minimum absolute atomic E-state index is 0.0173. The molecule has 1 N–H and O–H groups in total. The molecule has 3 heteroatoms. The quantitative estimate of drug-likeness (QED) is 0.540. The molecule has 0 saturated carbocycles. The Morgan fingerprint density at radius 3 is 3.00 bits per heavy atom. The van der Waals surface area contributed by atoms with E-state index in [-0.39, 0.29) is 5.06 Å². The average molecular weight is 148 g/mol. The number of nitrogens with one attached hydrogen (secondary N) is 1. The lowest BCUT2D eigenvalue weighted by Gasteiger charge is -2.10. The molecule has 1 aliphatic heterocycles. The van der Waals surface area contributed by atoms with Gasteiger partial charge in [0.2, 0.25) is 0 Å². The van der Waals surface area contributed by atoms with Crippen molar-refractivity contribution >= 4 is 17.7 Å². The number of hydrogen-bond donors (Lipinski definition) is 1. The van der Waals surface area contributed by atoms with Gasteiger partial charge in [-0.15, -0.1) is 0 Å². The highest BCUT2D eigenvalue weighted by Crippen LogP contribution is 2.27. The van der Waals surface area contributed by atoms with Crippen LogP contribution >= 0.6 is 0 Å². The third kappa shape index (κ3) is 0.859. The summed E-state index contributed by atoms with van der Waals surface area (Å²) in [6, 6.07) is 5.63. The highest BCUT2D eigenvalue weighted by Gasteiger charge is 2.15. The number of aliphatic imine (C=N–C) groups is 1. The van der Waals surface area contributed by atoms with Crippen molar-refractivity contribution in [1.29, 1.82) is 0 Å². The van der Waals surface area contributed by atoms with E-state index in [1.54, 1.807) is 6.07 Å². The number of para-hydroxylation sites is 1. The van der Waals surface area contributed by atoms with Crippen LogP contribution < -0.4 is 5.06 Å². The van der Waals surface area contributed by atoms with Gasteiger partial charge in [0.05, 0.1) is 0 Å². The summed E-state index contributed by atoms with van der Waals surface area (Å²) in [5.74, 6) is 0. The molecular formula is C8H8N2O. The monoisotopic (exact) mass is 148 g/mol. The fraction of sp³-hybridized carbons (Fsp3) is 0.125. The summed E-state index contributed by atoms with van der Waals surface area (Å²) in [5, 5.41) is 11.1. The Morgan fingerprint density at radius 2 is 2.27 bits per heavy atom. The van der Waals surface area contributed by atoms with Crippen molar-refractivity contribution < 1.29 is 5.06 Å². The average Bonchev–Trinajstić information content (AvgIpc) is 2.35. The normalized spacial score (nSPS) is 20.4. The van der Waals surface area contributed by atoms with E-state index < -0.39 is 0 Å². The molecule has 1 aliphatic rings. The zero-order valence-corrected chi connectivity index (χ0v) is 6.16. The summed E-state index contributed by atoms with van der Waals surface area (Å²) in [6.45, 7) is 1.95. The molecule has 0 aromatic heterocycles. The molecule has 1 aromatic rings. The van der Waals surface area contributed by atoms with Crippen LogP contribution in [-0.4, -0.2) is 6.34 Å². The van der Waals surface area contributed by atoms with Gasteiger partial charge in [0.25, 0.3) is 0 Å². The first-order chi connectivity index (χ1) is 5.29. The molecule has 1 aromatic carbocycles. The van der Waals surface area contributed by atoms with E-state index in [2.05, 4.69) is 4.99 Å². The van der Waals surface area contributed by atoms with Crippen molar-refractivity contribution in [2.24, 2.45) is 4.99 Å². The van der Waals surface area contributed by atoms with Gasteiger partial charge < -0.3 is 5.21 Å². The molecule has 0 fully saturated rings. The van der Waals surface area contributed by atoms with Crippen molar-refractivity contribution in [3.8, 4) is 0 Å². The topological polar surface area (TPSA) is 39.9 Å². The maximum atomic E-state index is 11.1. The second kappa shape index (κ2) is 2.15. The van der Waals surface area contributed by atoms with Gasteiger partial charge in [-0.2, -0.15) is 4.99 Å². The SMILES string of the molecule is Cc1cccc2c1N=C[NH+]2[O-]. The Kier molecular flexibility index (Phi) is 1.27. The van der Waals surface area contributed by atoms with Gasteiger partial charge in [-0.25, -0.2) is 0 Å². The summed E-state index contributed by atoms with van der Waals surface area (Å²) in [5.41, 5.74) is 2.62. The molecule has 0 aliphatic carbocycles. The van der Waals surface area contributed by atoms with E-state index in [4.69, 9.17) is 0 Å². The van der Waals surface area contributed by atoms with Crippen LogP contribution in [0.15, 0.2) is 23.2 Å². The van der Waals surface area contributed by atoms with Crippen LogP contribution in [-0.2, 0) is 0 Å². The smallest absolute Gasteiger partial charge is 0.194 e. The summed E-state index contributed by atoms with van der Waals surface area (Å²) in [7, 11) is 0. The van der Waals surface area contributed by atoms with Crippen LogP contribution in [0.1, 0.15) is 5.56 Å². The third-order valence-electron chi connectivity index (χ3n) is 1.81. The van der Waals surface area contributed by atoms with Crippen molar-refractivity contribution in [3.05, 3.63) is 29.0 Å². The lowest BCUT2D eigenvalue weighted by molar-refractivity contribution is -0.655. The number of hydroxylamine groups is 1. The van der Waals surface area contributed by atoms with E-state index >= 15 is 0 Å². The number of hydrogen-bond acceptors (Lipinski definition) is 2. The van der Waals surface area contributed by atoms with E-state index in [1.807, 2.05) is 19.1 Å². The fourth-order valence-electron chi connectivity index (χ4n) is 1.22. The molecule has 2 rings (SSSR count). The Balaban J connectivity index is 2.65. The maximum Gasteiger partial charge on any atom is 0.194 e. The van der Waals surface area contributed by atoms with Crippen molar-refractivity contribution in [1.82, 2.24) is 0 Å². The second-order valence-electron chi connectivity index (χ2n) is 2.59. The van der Waals surface area contributed by atoms with Gasteiger partial charge in [0.15, 0.2) is 12.0 Å². The zero-order valence-electron chi connectivity index (χ0n) is 6.16. The second-order valence-corrected chi connectivity index (χ2v) is 2.59. The number of rotatable bonds is 0. The summed E-state index contributed by atoms with van der Waals surface area (Å²) >= 11 is 0. The van der Waals surface area contributed by atoms with E-state index in [9.17, 15) is 5.21 Å². The summed E-state index contributed by atoms with van der Waals surface area (Å²) < 4.78 is 0. The molecule has 0 bridgehead atoms. The van der Waals surface area contributed by atoms with Gasteiger partial charge in [0.1, 0.15) is 5.69 Å². The number of nitrogens with zero attached hydrogens (tertiary/aromatic N) is 1. The molecule has 0 spiro atoms. The third-order valence-corrected chi connectivity index (χ3v) is 1.81. The van der Waals surface area contributed by atoms with E-state index in [1.165, 1.54) is 6.34 Å². The molecule has 0 saturated heterocycles. The Bertz CT molecular complexity index is 320. The standard InChI is InChI=1S/C8H8N2O/c1-6-3-2-4-7-8(6)9-5-10(7)11/h2-5,10H,1H3. The molecule has 1 unspecified atom stereocenters. The maximum absolute atomic E-state index is 11.1. The zero-order chi connectivity index (χ0) is 7.84. The van der Waals surface area contributed by atoms with Crippen molar-refractivity contribution in [3.63, 3.8) is 0 Å². The number of quaternary nitrogens is 1. The van der Waals surface area contributed by atoms with Crippen LogP contribution in [0.3, 0.4) is 0 Å². The predicted octanol–water partition coefficient (Wildman–Crippen LogP) is 0.683. The van der Waals surface area contributed by atoms with Crippen molar-refractivity contribution in [2.45, 2.75) is 6.92 Å². The molecule has 1 atom stereocenters. The van der Waals surface area contributed by atoms with Crippen LogP contribution in [0, 0.1) is 12.1 Å². The fourth-order valence-corrected chi connectivity index (χ4v) is 1.22. The molecule has 1 heterocycles. The minimum Gasteiger partial charge on any atom is -0.623 e. The number of aryl methyl sites for hydroxylation is 1. The highest BCUT2D eigenvalue weighted by atomic mass is 16.5. The Hall–Kier alpha value is -1.19. The Morgan fingerprint density at radius 1 is 1.45 bits per heavy atom. The van der Waals surface area contributed by atoms with Crippen LogP contribution in [0.2, 0.25) is 0 Å². The van der Waals surface area contributed by atoms with Gasteiger partial charge in [-0.1, -0.05) is 12.1 Å². The lowest BCUT2D eigenvalue weighted by atomic mass is 10.2. The molecule has 3 nitrogen and oxygen atoms in total. The van der Waals surface area contributed by atoms with Crippen molar-refractivity contribution in [2.75, 3.05) is 0 Å². The highest BCUT2D eigenvalue weighted by molar-refractivity contribution is 5.74. The molecule has 56 valence electrons. The number of benzene rings is 1. The summed E-state index contributed by atoms with van der Waals surface area (Å²) in [4.78, 5) is 4.01. The van der Waals surface area contributed by atoms with E-state index in [0.29, 0.717) is 0 Å². The summed E-state index contributed by atoms with van der Waals surface area (Å²) in [6.07, 6.45) is 1.37. The molecule has 0 amide bonds. The molecule has 11 heavy (non-hydrogen) atoms. The minimum atomic E-state index is 0.0173. The molecule has 0 radical (unpaired) electrons.